The quantitative estimate of drug-likeness (QED) is 0.0286. The Labute approximate surface area is 336 Å². The molecule has 0 aromatic rings. The van der Waals surface area contributed by atoms with E-state index in [0.29, 0.717) is 12.8 Å². The molecule has 0 aromatic carbocycles. The number of esters is 2. The van der Waals surface area contributed by atoms with E-state index in [1.165, 1.54) is 12.8 Å². The van der Waals surface area contributed by atoms with E-state index in [1.54, 1.807) is 0 Å². The van der Waals surface area contributed by atoms with Gasteiger partial charge in [-0.1, -0.05) is 125 Å². The van der Waals surface area contributed by atoms with Crippen LogP contribution in [0.15, 0.2) is 72.9 Å². The molecule has 4 N–H and O–H groups in total. The van der Waals surface area contributed by atoms with Gasteiger partial charge < -0.3 is 39.4 Å². The van der Waals surface area contributed by atoms with Crippen molar-refractivity contribution in [1.82, 2.24) is 0 Å². The molecule has 1 aliphatic rings. The highest BCUT2D eigenvalue weighted by Gasteiger charge is 2.47. The van der Waals surface area contributed by atoms with Crippen LogP contribution in [0.5, 0.6) is 0 Å². The van der Waals surface area contributed by atoms with Crippen LogP contribution >= 0.6 is 0 Å². The van der Waals surface area contributed by atoms with Gasteiger partial charge in [-0.05, 0) is 77.0 Å². The van der Waals surface area contributed by atoms with Gasteiger partial charge in [-0.3, -0.25) is 9.59 Å². The largest absolute Gasteiger partial charge is 0.479 e. The minimum absolute atomic E-state index is 0.141. The van der Waals surface area contributed by atoms with E-state index in [0.717, 1.165) is 89.9 Å². The van der Waals surface area contributed by atoms with Crippen LogP contribution in [-0.2, 0) is 33.3 Å². The van der Waals surface area contributed by atoms with Crippen molar-refractivity contribution in [1.29, 1.82) is 0 Å². The van der Waals surface area contributed by atoms with Crippen molar-refractivity contribution in [2.45, 2.75) is 179 Å². The number of carbonyl (C=O) groups is 3. The van der Waals surface area contributed by atoms with E-state index < -0.39 is 61.3 Å². The molecule has 0 radical (unpaired) electrons. The maximum atomic E-state index is 12.7. The smallest absolute Gasteiger partial charge is 0.335 e. The Morgan fingerprint density at radius 3 is 1.52 bits per heavy atom. The van der Waals surface area contributed by atoms with Gasteiger partial charge >= 0.3 is 17.9 Å². The van der Waals surface area contributed by atoms with Crippen molar-refractivity contribution in [2.24, 2.45) is 0 Å². The van der Waals surface area contributed by atoms with Gasteiger partial charge in [-0.2, -0.15) is 0 Å². The molecule has 56 heavy (non-hydrogen) atoms. The fourth-order valence-electron chi connectivity index (χ4n) is 5.79. The van der Waals surface area contributed by atoms with Gasteiger partial charge in [0.2, 0.25) is 0 Å². The number of allylic oxidation sites excluding steroid dienone is 12. The second-order valence-electron chi connectivity index (χ2n) is 14.1. The zero-order valence-corrected chi connectivity index (χ0v) is 34.1. The summed E-state index contributed by atoms with van der Waals surface area (Å²) in [5.41, 5.74) is 0. The maximum Gasteiger partial charge on any atom is 0.335 e. The molecule has 11 heteroatoms. The molecule has 0 saturated carbocycles. The zero-order chi connectivity index (χ0) is 41.1. The summed E-state index contributed by atoms with van der Waals surface area (Å²) in [6.45, 7) is 3.53. The van der Waals surface area contributed by atoms with Crippen molar-refractivity contribution < 1.29 is 53.8 Å². The minimum atomic E-state index is -1.87. The molecule has 6 atom stereocenters. The topological polar surface area (TPSA) is 169 Å². The predicted molar refractivity (Wildman–Crippen MR) is 220 cm³/mol. The molecule has 1 heterocycles. The van der Waals surface area contributed by atoms with Gasteiger partial charge in [0.15, 0.2) is 18.5 Å². The third-order valence-electron chi connectivity index (χ3n) is 9.05. The number of aliphatic hydroxyl groups excluding tert-OH is 3. The number of carbonyl (C=O) groups excluding carboxylic acids is 2. The monoisotopic (exact) mass is 789 g/mol. The Hall–Kier alpha value is -3.35. The van der Waals surface area contributed by atoms with Crippen LogP contribution in [0.1, 0.15) is 142 Å². The highest BCUT2D eigenvalue weighted by molar-refractivity contribution is 5.73. The average molecular weight is 789 g/mol. The molecular formula is C45H72O11. The number of hydrogen-bond acceptors (Lipinski definition) is 10. The Morgan fingerprint density at radius 2 is 1.00 bits per heavy atom. The standard InChI is InChI=1S/C45H72O11/c1-3-5-7-9-11-13-15-17-18-19-20-22-23-25-27-29-31-33-38(46)53-35-37(36-54-45-42(50)40(48)41(49)43(56-45)44(51)52)55-39(47)34-32-30-28-26-24-21-16-14-12-10-8-6-4-2/h5-8,11-14,17-18,21,24,37,40-43,45,48-50H,3-4,9-10,15-16,19-20,22-23,25-36H2,1-2H3,(H,51,52)/b7-5-,8-6-,13-11-,14-12-,18-17-,24-21-. The Bertz CT molecular complexity index is 1200. The van der Waals surface area contributed by atoms with E-state index in [-0.39, 0.29) is 19.4 Å². The fraction of sp³-hybridized carbons (Fsp3) is 0.667. The summed E-state index contributed by atoms with van der Waals surface area (Å²) in [5, 5.41) is 39.7. The van der Waals surface area contributed by atoms with E-state index in [1.807, 2.05) is 0 Å². The van der Waals surface area contributed by atoms with Crippen LogP contribution in [-0.4, -0.2) is 88.4 Å². The number of rotatable bonds is 33. The molecular weight excluding hydrogens is 716 g/mol. The molecule has 318 valence electrons. The second-order valence-corrected chi connectivity index (χ2v) is 14.1. The Morgan fingerprint density at radius 1 is 0.554 bits per heavy atom. The summed E-state index contributed by atoms with van der Waals surface area (Å²) in [5.74, 6) is -2.51. The normalized spacial score (nSPS) is 21.1. The summed E-state index contributed by atoms with van der Waals surface area (Å²) in [4.78, 5) is 36.7. The van der Waals surface area contributed by atoms with Crippen molar-refractivity contribution in [3.63, 3.8) is 0 Å². The lowest BCUT2D eigenvalue weighted by atomic mass is 9.99. The molecule has 0 aromatic heterocycles. The van der Waals surface area contributed by atoms with Crippen molar-refractivity contribution in [3.8, 4) is 0 Å². The first-order valence-corrected chi connectivity index (χ1v) is 21.0. The number of hydrogen-bond donors (Lipinski definition) is 4. The van der Waals surface area contributed by atoms with Gasteiger partial charge in [0.05, 0.1) is 6.61 Å². The predicted octanol–water partition coefficient (Wildman–Crippen LogP) is 8.53. The summed E-state index contributed by atoms with van der Waals surface area (Å²) >= 11 is 0. The highest BCUT2D eigenvalue weighted by Crippen LogP contribution is 2.23. The molecule has 0 amide bonds. The first-order chi connectivity index (χ1) is 27.2. The number of aliphatic hydroxyl groups is 3. The summed E-state index contributed by atoms with van der Waals surface area (Å²) < 4.78 is 21.6. The fourth-order valence-corrected chi connectivity index (χ4v) is 5.79. The van der Waals surface area contributed by atoms with Crippen LogP contribution in [0, 0.1) is 0 Å². The molecule has 1 saturated heterocycles. The SMILES string of the molecule is CC/C=C\C/C=C\C/C=C\CCCCCCCCCC(=O)OCC(COC1OC(C(=O)O)C(O)C(O)C1O)OC(=O)CCCCC/C=C\C/C=C\C/C=C\CC. The van der Waals surface area contributed by atoms with Gasteiger partial charge in [0, 0.05) is 12.8 Å². The van der Waals surface area contributed by atoms with Gasteiger partial charge in [-0.15, -0.1) is 0 Å². The molecule has 1 rings (SSSR count). The van der Waals surface area contributed by atoms with Crippen molar-refractivity contribution in [2.75, 3.05) is 13.2 Å². The van der Waals surface area contributed by atoms with Gasteiger partial charge in [0.25, 0.3) is 0 Å². The second kappa shape index (κ2) is 34.9. The summed E-state index contributed by atoms with van der Waals surface area (Å²) in [6.07, 6.45) is 33.9. The van der Waals surface area contributed by atoms with Gasteiger partial charge in [0.1, 0.15) is 24.9 Å². The Kier molecular flexibility index (Phi) is 31.5. The number of carboxylic acid groups (broad SMARTS) is 1. The van der Waals surface area contributed by atoms with Crippen molar-refractivity contribution >= 4 is 17.9 Å². The molecule has 0 aliphatic carbocycles. The van der Waals surface area contributed by atoms with Crippen LogP contribution in [0.25, 0.3) is 0 Å². The van der Waals surface area contributed by atoms with Gasteiger partial charge in [-0.25, -0.2) is 4.79 Å². The Balaban J connectivity index is 2.42. The molecule has 1 aliphatic heterocycles. The van der Waals surface area contributed by atoms with Crippen molar-refractivity contribution in [3.05, 3.63) is 72.9 Å². The maximum absolute atomic E-state index is 12.7. The van der Waals surface area contributed by atoms with E-state index >= 15 is 0 Å². The van der Waals surface area contributed by atoms with E-state index in [2.05, 4.69) is 86.8 Å². The first-order valence-electron chi connectivity index (χ1n) is 21.0. The zero-order valence-electron chi connectivity index (χ0n) is 34.1. The lowest BCUT2D eigenvalue weighted by Crippen LogP contribution is -2.60. The van der Waals surface area contributed by atoms with Crippen LogP contribution in [0.3, 0.4) is 0 Å². The molecule has 1 fully saturated rings. The molecule has 0 spiro atoms. The number of ether oxygens (including phenoxy) is 4. The molecule has 11 nitrogen and oxygen atoms in total. The number of aliphatic carboxylic acids is 1. The van der Waals surface area contributed by atoms with Crippen LogP contribution in [0.4, 0.5) is 0 Å². The minimum Gasteiger partial charge on any atom is -0.479 e. The number of unbranched alkanes of at least 4 members (excludes halogenated alkanes) is 10. The third kappa shape index (κ3) is 26.5. The lowest BCUT2D eigenvalue weighted by molar-refractivity contribution is -0.298. The van der Waals surface area contributed by atoms with E-state index in [9.17, 15) is 34.8 Å². The highest BCUT2D eigenvalue weighted by atomic mass is 16.7. The summed E-state index contributed by atoms with van der Waals surface area (Å²) in [6, 6.07) is 0. The van der Waals surface area contributed by atoms with Crippen LogP contribution < -0.4 is 0 Å². The van der Waals surface area contributed by atoms with E-state index in [4.69, 9.17) is 18.9 Å². The lowest BCUT2D eigenvalue weighted by Gasteiger charge is -2.38. The third-order valence-corrected chi connectivity index (χ3v) is 9.05. The molecule has 0 bridgehead atoms. The molecule has 6 unspecified atom stereocenters. The summed E-state index contributed by atoms with van der Waals surface area (Å²) in [7, 11) is 0. The number of carboxylic acids is 1. The first kappa shape index (κ1) is 50.7. The average Bonchev–Trinajstić information content (AvgIpc) is 3.18. The van der Waals surface area contributed by atoms with Crippen LogP contribution in [0.2, 0.25) is 0 Å².